The summed E-state index contributed by atoms with van der Waals surface area (Å²) in [5.74, 6) is -1.73. The summed E-state index contributed by atoms with van der Waals surface area (Å²) in [4.78, 5) is 33.3. The van der Waals surface area contributed by atoms with Crippen molar-refractivity contribution in [3.05, 3.63) is 56.5 Å². The van der Waals surface area contributed by atoms with Crippen LogP contribution in [0.3, 0.4) is 0 Å². The summed E-state index contributed by atoms with van der Waals surface area (Å²) >= 11 is 1.07. The number of hydrogen-bond donors (Lipinski definition) is 2. The minimum Gasteiger partial charge on any atom is -0.478 e. The lowest BCUT2D eigenvalue weighted by Crippen LogP contribution is -2.14. The van der Waals surface area contributed by atoms with Crippen molar-refractivity contribution in [3.8, 4) is 0 Å². The zero-order valence-corrected chi connectivity index (χ0v) is 11.6. The summed E-state index contributed by atoms with van der Waals surface area (Å²) in [6, 6.07) is 5.32. The molecule has 0 saturated carbocycles. The first-order valence-corrected chi connectivity index (χ1v) is 6.65. The van der Waals surface area contributed by atoms with E-state index in [0.29, 0.717) is 5.56 Å². The summed E-state index contributed by atoms with van der Waals surface area (Å²) in [6.45, 7) is 1.64. The fourth-order valence-electron chi connectivity index (χ4n) is 1.71. The van der Waals surface area contributed by atoms with Crippen LogP contribution in [-0.2, 0) is 0 Å². The van der Waals surface area contributed by atoms with Gasteiger partial charge in [0.25, 0.3) is 11.6 Å². The molecule has 1 aromatic carbocycles. The molecule has 2 N–H and O–H groups in total. The Morgan fingerprint density at radius 3 is 2.62 bits per heavy atom. The van der Waals surface area contributed by atoms with Gasteiger partial charge in [-0.25, -0.2) is 4.79 Å². The molecule has 7 nitrogen and oxygen atoms in total. The Hall–Kier alpha value is -2.74. The first kappa shape index (κ1) is 14.7. The summed E-state index contributed by atoms with van der Waals surface area (Å²) in [5, 5.41) is 23.9. The number of carboxylic acid groups (broad SMARTS) is 1. The molecule has 0 aliphatic carbocycles. The molecule has 0 atom stereocenters. The summed E-state index contributed by atoms with van der Waals surface area (Å²) in [7, 11) is 0. The number of carbonyl (C=O) groups excluding carboxylic acids is 1. The van der Waals surface area contributed by atoms with E-state index in [1.165, 1.54) is 24.3 Å². The van der Waals surface area contributed by atoms with E-state index in [9.17, 15) is 19.7 Å². The van der Waals surface area contributed by atoms with Crippen molar-refractivity contribution in [1.29, 1.82) is 0 Å². The fourth-order valence-corrected chi connectivity index (χ4v) is 2.49. The molecule has 1 aromatic heterocycles. The number of anilines is 1. The second-order valence-electron chi connectivity index (χ2n) is 4.18. The fraction of sp³-hybridized carbons (Fsp3) is 0.0769. The predicted molar refractivity (Wildman–Crippen MR) is 77.1 cm³/mol. The Labute approximate surface area is 123 Å². The van der Waals surface area contributed by atoms with Gasteiger partial charge >= 0.3 is 5.97 Å². The number of aryl methyl sites for hydroxylation is 1. The molecule has 0 aliphatic heterocycles. The van der Waals surface area contributed by atoms with Crippen molar-refractivity contribution < 1.29 is 19.6 Å². The number of hydrogen-bond acceptors (Lipinski definition) is 5. The normalized spacial score (nSPS) is 10.1. The number of nitro groups is 1. The van der Waals surface area contributed by atoms with Crippen LogP contribution in [0.5, 0.6) is 0 Å². The maximum Gasteiger partial charge on any atom is 0.338 e. The standard InChI is InChI=1S/C13H10N2O5S/c1-7-2-3-8(15(19)20)6-10(7)11(16)14-12-9(13(17)18)4-5-21-12/h2-6H,1H3,(H,14,16)(H,17,18). The smallest absolute Gasteiger partial charge is 0.338 e. The van der Waals surface area contributed by atoms with Crippen LogP contribution >= 0.6 is 11.3 Å². The number of carboxylic acids is 1. The Kier molecular flexibility index (Phi) is 3.99. The molecular formula is C13H10N2O5S. The molecule has 2 rings (SSSR count). The monoisotopic (exact) mass is 306 g/mol. The van der Waals surface area contributed by atoms with Crippen molar-refractivity contribution in [2.24, 2.45) is 0 Å². The van der Waals surface area contributed by atoms with Gasteiger partial charge in [-0.1, -0.05) is 6.07 Å². The quantitative estimate of drug-likeness (QED) is 0.666. The number of aromatic carboxylic acids is 1. The third-order valence-electron chi connectivity index (χ3n) is 2.80. The Bertz CT molecular complexity index is 738. The Morgan fingerprint density at radius 1 is 1.29 bits per heavy atom. The van der Waals surface area contributed by atoms with E-state index in [-0.39, 0.29) is 21.8 Å². The number of rotatable bonds is 4. The third-order valence-corrected chi connectivity index (χ3v) is 3.63. The highest BCUT2D eigenvalue weighted by atomic mass is 32.1. The van der Waals surface area contributed by atoms with Gasteiger partial charge in [0, 0.05) is 17.7 Å². The molecule has 0 unspecified atom stereocenters. The average Bonchev–Trinajstić information content (AvgIpc) is 2.87. The van der Waals surface area contributed by atoms with Crippen LogP contribution in [-0.4, -0.2) is 21.9 Å². The van der Waals surface area contributed by atoms with Crippen LogP contribution in [0.15, 0.2) is 29.6 Å². The second-order valence-corrected chi connectivity index (χ2v) is 5.10. The van der Waals surface area contributed by atoms with E-state index in [1.807, 2.05) is 0 Å². The number of nitrogens with zero attached hydrogens (tertiary/aromatic N) is 1. The van der Waals surface area contributed by atoms with Crippen molar-refractivity contribution >= 4 is 33.9 Å². The van der Waals surface area contributed by atoms with E-state index >= 15 is 0 Å². The molecule has 0 aliphatic rings. The first-order valence-electron chi connectivity index (χ1n) is 5.77. The average molecular weight is 306 g/mol. The van der Waals surface area contributed by atoms with Crippen LogP contribution in [0.1, 0.15) is 26.3 Å². The van der Waals surface area contributed by atoms with Crippen LogP contribution in [0.4, 0.5) is 10.7 Å². The van der Waals surface area contributed by atoms with Gasteiger partial charge in [0.15, 0.2) is 0 Å². The summed E-state index contributed by atoms with van der Waals surface area (Å²) in [6.07, 6.45) is 0. The molecule has 108 valence electrons. The number of non-ortho nitro benzene ring substituents is 1. The molecule has 0 saturated heterocycles. The van der Waals surface area contributed by atoms with Crippen LogP contribution in [0, 0.1) is 17.0 Å². The van der Waals surface area contributed by atoms with E-state index in [0.717, 1.165) is 11.3 Å². The number of benzene rings is 1. The van der Waals surface area contributed by atoms with Gasteiger partial charge < -0.3 is 10.4 Å². The van der Waals surface area contributed by atoms with Crippen LogP contribution in [0.25, 0.3) is 0 Å². The first-order chi connectivity index (χ1) is 9.90. The number of nitrogens with one attached hydrogen (secondary N) is 1. The van der Waals surface area contributed by atoms with Gasteiger partial charge in [0.2, 0.25) is 0 Å². The highest BCUT2D eigenvalue weighted by molar-refractivity contribution is 7.14. The molecule has 0 spiro atoms. The zero-order valence-electron chi connectivity index (χ0n) is 10.8. The molecule has 2 aromatic rings. The van der Waals surface area contributed by atoms with Gasteiger partial charge in [-0.05, 0) is 23.9 Å². The number of amides is 1. The lowest BCUT2D eigenvalue weighted by molar-refractivity contribution is -0.384. The second kappa shape index (κ2) is 5.71. The molecule has 1 amide bonds. The predicted octanol–water partition coefficient (Wildman–Crippen LogP) is 2.92. The maximum atomic E-state index is 12.2. The summed E-state index contributed by atoms with van der Waals surface area (Å²) < 4.78 is 0. The van der Waals surface area contributed by atoms with Crippen molar-refractivity contribution in [1.82, 2.24) is 0 Å². The van der Waals surface area contributed by atoms with E-state index < -0.39 is 16.8 Å². The SMILES string of the molecule is Cc1ccc([N+](=O)[O-])cc1C(=O)Nc1sccc1C(=O)O. The molecule has 0 radical (unpaired) electrons. The Morgan fingerprint density at radius 2 is 2.00 bits per heavy atom. The molecule has 8 heteroatoms. The number of carbonyl (C=O) groups is 2. The molecule has 1 heterocycles. The van der Waals surface area contributed by atoms with Crippen LogP contribution < -0.4 is 5.32 Å². The highest BCUT2D eigenvalue weighted by Crippen LogP contribution is 2.25. The molecule has 0 bridgehead atoms. The summed E-state index contributed by atoms with van der Waals surface area (Å²) in [5.41, 5.74) is 0.479. The number of thiophene rings is 1. The van der Waals surface area contributed by atoms with Crippen molar-refractivity contribution in [2.75, 3.05) is 5.32 Å². The van der Waals surface area contributed by atoms with E-state index in [1.54, 1.807) is 12.3 Å². The highest BCUT2D eigenvalue weighted by Gasteiger charge is 2.18. The van der Waals surface area contributed by atoms with Crippen molar-refractivity contribution in [2.45, 2.75) is 6.92 Å². The largest absolute Gasteiger partial charge is 0.478 e. The third kappa shape index (κ3) is 3.06. The van der Waals surface area contributed by atoms with Gasteiger partial charge in [0.1, 0.15) is 5.00 Å². The maximum absolute atomic E-state index is 12.2. The number of nitro benzene ring substituents is 1. The van der Waals surface area contributed by atoms with Gasteiger partial charge in [-0.3, -0.25) is 14.9 Å². The molecule has 21 heavy (non-hydrogen) atoms. The van der Waals surface area contributed by atoms with Gasteiger partial charge in [-0.2, -0.15) is 0 Å². The topological polar surface area (TPSA) is 110 Å². The van der Waals surface area contributed by atoms with E-state index in [4.69, 9.17) is 5.11 Å². The Balaban J connectivity index is 2.32. The minimum atomic E-state index is -1.15. The van der Waals surface area contributed by atoms with Gasteiger partial charge in [-0.15, -0.1) is 11.3 Å². The van der Waals surface area contributed by atoms with Crippen molar-refractivity contribution in [3.63, 3.8) is 0 Å². The van der Waals surface area contributed by atoms with Gasteiger partial charge in [0.05, 0.1) is 10.5 Å². The lowest BCUT2D eigenvalue weighted by Gasteiger charge is -2.07. The zero-order chi connectivity index (χ0) is 15.6. The molecular weight excluding hydrogens is 296 g/mol. The van der Waals surface area contributed by atoms with E-state index in [2.05, 4.69) is 5.32 Å². The lowest BCUT2D eigenvalue weighted by atomic mass is 10.1. The molecule has 0 fully saturated rings. The van der Waals surface area contributed by atoms with Crippen LogP contribution in [0.2, 0.25) is 0 Å². The minimum absolute atomic E-state index is 0.0172.